The van der Waals surface area contributed by atoms with Gasteiger partial charge < -0.3 is 4.90 Å². The minimum Gasteiger partial charge on any atom is -0.338 e. The summed E-state index contributed by atoms with van der Waals surface area (Å²) < 4.78 is 0. The highest BCUT2D eigenvalue weighted by atomic mass is 79.9. The molecule has 0 bridgehead atoms. The molecule has 0 saturated carbocycles. The Balaban J connectivity index is 2.22. The molecule has 1 amide bonds. The fourth-order valence-corrected chi connectivity index (χ4v) is 3.18. The summed E-state index contributed by atoms with van der Waals surface area (Å²) in [4.78, 5) is 24.9. The Hall–Kier alpha value is -1.43. The van der Waals surface area contributed by atoms with E-state index in [4.69, 9.17) is 0 Å². The average molecular weight is 341 g/mol. The van der Waals surface area contributed by atoms with Gasteiger partial charge in [-0.1, -0.05) is 28.1 Å². The van der Waals surface area contributed by atoms with Gasteiger partial charge >= 0.3 is 0 Å². The van der Waals surface area contributed by atoms with Gasteiger partial charge in [0.05, 0.1) is 4.92 Å². The number of benzene rings is 1. The molecule has 1 aromatic rings. The third-order valence-electron chi connectivity index (χ3n) is 3.77. The molecular formula is C14H17BrN2O3. The fraction of sp³-hybridized carbons (Fsp3) is 0.500. The topological polar surface area (TPSA) is 63.5 Å². The lowest BCUT2D eigenvalue weighted by Crippen LogP contribution is -2.39. The molecule has 1 aliphatic heterocycles. The molecule has 0 radical (unpaired) electrons. The zero-order valence-corrected chi connectivity index (χ0v) is 12.9. The highest BCUT2D eigenvalue weighted by Gasteiger charge is 2.28. The minimum absolute atomic E-state index is 0.0693. The standard InChI is InChI=1S/C14H17BrN2O3/c1-10-3-2-4-12(13(10)17(19)20)14(18)16-7-5-11(9-15)6-8-16/h2-4,11H,5-9H2,1H3. The van der Waals surface area contributed by atoms with Gasteiger partial charge in [0.15, 0.2) is 0 Å². The molecule has 0 atom stereocenters. The van der Waals surface area contributed by atoms with Crippen molar-refractivity contribution in [3.05, 3.63) is 39.4 Å². The maximum Gasteiger partial charge on any atom is 0.285 e. The number of nitrogens with zero attached hydrogens (tertiary/aromatic N) is 2. The minimum atomic E-state index is -0.464. The van der Waals surface area contributed by atoms with E-state index in [2.05, 4.69) is 15.9 Å². The van der Waals surface area contributed by atoms with Crippen LogP contribution in [-0.2, 0) is 0 Å². The Morgan fingerprint density at radius 3 is 2.65 bits per heavy atom. The van der Waals surface area contributed by atoms with Gasteiger partial charge in [-0.2, -0.15) is 0 Å². The van der Waals surface area contributed by atoms with Crippen LogP contribution in [0.2, 0.25) is 0 Å². The van der Waals surface area contributed by atoms with E-state index in [-0.39, 0.29) is 17.2 Å². The van der Waals surface area contributed by atoms with E-state index in [9.17, 15) is 14.9 Å². The van der Waals surface area contributed by atoms with Crippen molar-refractivity contribution in [1.82, 2.24) is 4.90 Å². The van der Waals surface area contributed by atoms with Crippen LogP contribution in [0.25, 0.3) is 0 Å². The molecule has 0 N–H and O–H groups in total. The number of hydrogen-bond acceptors (Lipinski definition) is 3. The third kappa shape index (κ3) is 3.00. The monoisotopic (exact) mass is 340 g/mol. The van der Waals surface area contributed by atoms with Gasteiger partial charge in [-0.3, -0.25) is 14.9 Å². The molecule has 1 saturated heterocycles. The van der Waals surface area contributed by atoms with Crippen LogP contribution < -0.4 is 0 Å². The number of piperidine rings is 1. The van der Waals surface area contributed by atoms with Crippen molar-refractivity contribution in [1.29, 1.82) is 0 Å². The number of halogens is 1. The lowest BCUT2D eigenvalue weighted by molar-refractivity contribution is -0.385. The Morgan fingerprint density at radius 1 is 1.45 bits per heavy atom. The first-order valence-electron chi connectivity index (χ1n) is 6.63. The van der Waals surface area contributed by atoms with E-state index in [0.29, 0.717) is 24.6 Å². The number of carbonyl (C=O) groups excluding carboxylic acids is 1. The Bertz CT molecular complexity index is 525. The van der Waals surface area contributed by atoms with Gasteiger partial charge in [0.1, 0.15) is 5.56 Å². The molecule has 1 heterocycles. The second-order valence-electron chi connectivity index (χ2n) is 5.12. The van der Waals surface area contributed by atoms with Crippen molar-refractivity contribution in [2.24, 2.45) is 5.92 Å². The number of nitro benzene ring substituents is 1. The van der Waals surface area contributed by atoms with E-state index in [0.717, 1.165) is 18.2 Å². The van der Waals surface area contributed by atoms with Gasteiger partial charge in [0.25, 0.3) is 11.6 Å². The molecule has 1 aliphatic rings. The van der Waals surface area contributed by atoms with Crippen molar-refractivity contribution in [3.8, 4) is 0 Å². The third-order valence-corrected chi connectivity index (χ3v) is 4.69. The summed E-state index contributed by atoms with van der Waals surface area (Å²) in [7, 11) is 0. The van der Waals surface area contributed by atoms with E-state index in [1.807, 2.05) is 0 Å². The second-order valence-corrected chi connectivity index (χ2v) is 5.77. The lowest BCUT2D eigenvalue weighted by atomic mass is 9.98. The number of amides is 1. The van der Waals surface area contributed by atoms with E-state index >= 15 is 0 Å². The van der Waals surface area contributed by atoms with Crippen molar-refractivity contribution in [3.63, 3.8) is 0 Å². The Labute approximate surface area is 126 Å². The van der Waals surface area contributed by atoms with Gasteiger partial charge in [0.2, 0.25) is 0 Å². The van der Waals surface area contributed by atoms with Crippen molar-refractivity contribution in [2.75, 3.05) is 18.4 Å². The predicted molar refractivity (Wildman–Crippen MR) is 80.3 cm³/mol. The first kappa shape index (κ1) is 15.0. The fourth-order valence-electron chi connectivity index (χ4n) is 2.53. The van der Waals surface area contributed by atoms with E-state index in [1.165, 1.54) is 0 Å². The maximum atomic E-state index is 12.5. The molecule has 108 valence electrons. The number of hydrogen-bond donors (Lipinski definition) is 0. The normalized spacial score (nSPS) is 16.2. The molecule has 2 rings (SSSR count). The zero-order chi connectivity index (χ0) is 14.7. The number of nitro groups is 1. The summed E-state index contributed by atoms with van der Waals surface area (Å²) >= 11 is 3.46. The van der Waals surface area contributed by atoms with Crippen LogP contribution in [0.5, 0.6) is 0 Å². The number of carbonyl (C=O) groups is 1. The molecule has 0 spiro atoms. The Morgan fingerprint density at radius 2 is 2.10 bits per heavy atom. The molecule has 0 aliphatic carbocycles. The molecule has 0 aromatic heterocycles. The predicted octanol–water partition coefficient (Wildman–Crippen LogP) is 3.15. The molecule has 1 aromatic carbocycles. The highest BCUT2D eigenvalue weighted by molar-refractivity contribution is 9.09. The van der Waals surface area contributed by atoms with Crippen LogP contribution in [0, 0.1) is 23.0 Å². The quantitative estimate of drug-likeness (QED) is 0.482. The largest absolute Gasteiger partial charge is 0.338 e. The van der Waals surface area contributed by atoms with Crippen LogP contribution in [-0.4, -0.2) is 34.2 Å². The smallest absolute Gasteiger partial charge is 0.285 e. The summed E-state index contributed by atoms with van der Waals surface area (Å²) in [6, 6.07) is 4.90. The summed E-state index contributed by atoms with van der Waals surface area (Å²) in [6.45, 7) is 2.99. The number of likely N-dealkylation sites (tertiary alicyclic amines) is 1. The zero-order valence-electron chi connectivity index (χ0n) is 11.3. The van der Waals surface area contributed by atoms with Gasteiger partial charge in [-0.05, 0) is 31.7 Å². The van der Waals surface area contributed by atoms with Crippen LogP contribution in [0.1, 0.15) is 28.8 Å². The lowest BCUT2D eigenvalue weighted by Gasteiger charge is -2.31. The van der Waals surface area contributed by atoms with Crippen LogP contribution in [0.3, 0.4) is 0 Å². The van der Waals surface area contributed by atoms with Crippen LogP contribution in [0.4, 0.5) is 5.69 Å². The Kier molecular flexibility index (Phi) is 4.75. The first-order valence-corrected chi connectivity index (χ1v) is 7.76. The average Bonchev–Trinajstić information content (AvgIpc) is 2.46. The number of rotatable bonds is 3. The number of aryl methyl sites for hydroxylation is 1. The number of para-hydroxylation sites is 1. The van der Waals surface area contributed by atoms with Gasteiger partial charge in [0, 0.05) is 24.0 Å². The number of alkyl halides is 1. The molecule has 6 heteroatoms. The van der Waals surface area contributed by atoms with Crippen molar-refractivity contribution >= 4 is 27.5 Å². The summed E-state index contributed by atoms with van der Waals surface area (Å²) in [5.41, 5.74) is 0.656. The van der Waals surface area contributed by atoms with E-state index < -0.39 is 4.92 Å². The van der Waals surface area contributed by atoms with Gasteiger partial charge in [-0.25, -0.2) is 0 Å². The molecule has 5 nitrogen and oxygen atoms in total. The van der Waals surface area contributed by atoms with E-state index in [1.54, 1.807) is 30.0 Å². The summed E-state index contributed by atoms with van der Waals surface area (Å²) in [6.07, 6.45) is 1.88. The first-order chi connectivity index (χ1) is 9.54. The second kappa shape index (κ2) is 6.35. The molecule has 20 heavy (non-hydrogen) atoms. The SMILES string of the molecule is Cc1cccc(C(=O)N2CCC(CBr)CC2)c1[N+](=O)[O-]. The highest BCUT2D eigenvalue weighted by Crippen LogP contribution is 2.26. The van der Waals surface area contributed by atoms with Gasteiger partial charge in [-0.15, -0.1) is 0 Å². The van der Waals surface area contributed by atoms with Crippen molar-refractivity contribution in [2.45, 2.75) is 19.8 Å². The maximum absolute atomic E-state index is 12.5. The molecular weight excluding hydrogens is 324 g/mol. The van der Waals surface area contributed by atoms with Crippen LogP contribution in [0.15, 0.2) is 18.2 Å². The molecule has 1 fully saturated rings. The van der Waals surface area contributed by atoms with Crippen molar-refractivity contribution < 1.29 is 9.72 Å². The summed E-state index contributed by atoms with van der Waals surface area (Å²) in [5, 5.41) is 12.1. The van der Waals surface area contributed by atoms with Crippen LogP contribution >= 0.6 is 15.9 Å². The molecule has 0 unspecified atom stereocenters. The summed E-state index contributed by atoms with van der Waals surface area (Å²) in [5.74, 6) is 0.361.